The van der Waals surface area contributed by atoms with Crippen molar-refractivity contribution in [3.63, 3.8) is 0 Å². The van der Waals surface area contributed by atoms with E-state index in [1.165, 1.54) is 0 Å². The van der Waals surface area contributed by atoms with Gasteiger partial charge in [0.1, 0.15) is 0 Å². The van der Waals surface area contributed by atoms with Crippen molar-refractivity contribution in [1.82, 2.24) is 0 Å². The lowest BCUT2D eigenvalue weighted by Crippen LogP contribution is -1.95. The summed E-state index contributed by atoms with van der Waals surface area (Å²) < 4.78 is 5.25. The maximum Gasteiger partial charge on any atom is 0.201 e. The predicted molar refractivity (Wildman–Crippen MR) is 51.6 cm³/mol. The van der Waals surface area contributed by atoms with Crippen molar-refractivity contribution in [2.24, 2.45) is 0 Å². The highest BCUT2D eigenvalue weighted by molar-refractivity contribution is 6.04. The Kier molecular flexibility index (Phi) is 1.52. The normalized spacial score (nSPS) is 17.5. The highest BCUT2D eigenvalue weighted by Gasteiger charge is 2.33. The third kappa shape index (κ3) is 0.936. The minimum absolute atomic E-state index is 0.0903. The summed E-state index contributed by atoms with van der Waals surface area (Å²) in [5, 5.41) is 19.4. The summed E-state index contributed by atoms with van der Waals surface area (Å²) in [5.74, 6) is -0.321. The number of fused-ring (bicyclic) bond motifs is 3. The Labute approximate surface area is 86.1 Å². The standard InChI is InChI=1S/C11H10O4/c12-7-2-1-5-6-3-4-15-11(6)10(14)9(13)8(5)7/h13-14H,1-4H2. The summed E-state index contributed by atoms with van der Waals surface area (Å²) in [7, 11) is 0. The molecule has 0 saturated heterocycles. The molecule has 1 aromatic rings. The monoisotopic (exact) mass is 206 g/mol. The van der Waals surface area contributed by atoms with Gasteiger partial charge in [0.25, 0.3) is 0 Å². The Morgan fingerprint density at radius 1 is 1.00 bits per heavy atom. The van der Waals surface area contributed by atoms with Crippen LogP contribution >= 0.6 is 0 Å². The molecule has 2 N–H and O–H groups in total. The molecule has 4 nitrogen and oxygen atoms in total. The van der Waals surface area contributed by atoms with E-state index < -0.39 is 0 Å². The average molecular weight is 206 g/mol. The van der Waals surface area contributed by atoms with Crippen molar-refractivity contribution in [2.45, 2.75) is 19.3 Å². The van der Waals surface area contributed by atoms with E-state index in [0.717, 1.165) is 11.1 Å². The quantitative estimate of drug-likeness (QED) is 0.625. The van der Waals surface area contributed by atoms with Crippen molar-refractivity contribution in [1.29, 1.82) is 0 Å². The molecule has 4 heteroatoms. The summed E-state index contributed by atoms with van der Waals surface area (Å²) in [6.07, 6.45) is 1.77. The number of ketones is 1. The van der Waals surface area contributed by atoms with E-state index >= 15 is 0 Å². The largest absolute Gasteiger partial charge is 0.504 e. The molecule has 0 saturated carbocycles. The zero-order chi connectivity index (χ0) is 10.6. The van der Waals surface area contributed by atoms with E-state index in [0.29, 0.717) is 37.2 Å². The van der Waals surface area contributed by atoms with Crippen LogP contribution in [0.3, 0.4) is 0 Å². The first-order valence-electron chi connectivity index (χ1n) is 4.95. The lowest BCUT2D eigenvalue weighted by Gasteiger charge is -2.09. The van der Waals surface area contributed by atoms with Gasteiger partial charge in [0.15, 0.2) is 17.3 Å². The van der Waals surface area contributed by atoms with Gasteiger partial charge in [0.2, 0.25) is 5.75 Å². The van der Waals surface area contributed by atoms with E-state index in [9.17, 15) is 15.0 Å². The van der Waals surface area contributed by atoms with Crippen LogP contribution in [-0.4, -0.2) is 22.6 Å². The fourth-order valence-corrected chi connectivity index (χ4v) is 2.41. The predicted octanol–water partition coefficient (Wildman–Crippen LogP) is 1.16. The van der Waals surface area contributed by atoms with E-state index in [4.69, 9.17) is 4.74 Å². The van der Waals surface area contributed by atoms with Crippen LogP contribution in [0.5, 0.6) is 17.2 Å². The highest BCUT2D eigenvalue weighted by Crippen LogP contribution is 2.49. The summed E-state index contributed by atoms with van der Waals surface area (Å²) in [6, 6.07) is 0. The molecule has 0 aromatic heterocycles. The number of ether oxygens (including phenoxy) is 1. The van der Waals surface area contributed by atoms with Gasteiger partial charge in [-0.05, 0) is 12.0 Å². The van der Waals surface area contributed by atoms with Crippen LogP contribution in [0.2, 0.25) is 0 Å². The summed E-state index contributed by atoms with van der Waals surface area (Å²) >= 11 is 0. The Morgan fingerprint density at radius 3 is 2.60 bits per heavy atom. The summed E-state index contributed by atoms with van der Waals surface area (Å²) in [5.41, 5.74) is 2.06. The van der Waals surface area contributed by atoms with Crippen molar-refractivity contribution in [2.75, 3.05) is 6.61 Å². The molecule has 1 aromatic carbocycles. The number of benzene rings is 1. The van der Waals surface area contributed by atoms with Gasteiger partial charge in [-0.3, -0.25) is 4.79 Å². The van der Waals surface area contributed by atoms with Gasteiger partial charge >= 0.3 is 0 Å². The molecule has 0 spiro atoms. The van der Waals surface area contributed by atoms with E-state index in [-0.39, 0.29) is 17.3 Å². The molecule has 78 valence electrons. The molecule has 0 fully saturated rings. The van der Waals surface area contributed by atoms with Gasteiger partial charge in [0, 0.05) is 18.4 Å². The molecule has 0 radical (unpaired) electrons. The van der Waals surface area contributed by atoms with Gasteiger partial charge < -0.3 is 14.9 Å². The Bertz CT molecular complexity index is 476. The van der Waals surface area contributed by atoms with Crippen LogP contribution in [0, 0.1) is 0 Å². The molecule has 0 atom stereocenters. The van der Waals surface area contributed by atoms with Crippen molar-refractivity contribution in [3.05, 3.63) is 16.7 Å². The van der Waals surface area contributed by atoms with Crippen LogP contribution in [0.4, 0.5) is 0 Å². The maximum atomic E-state index is 11.5. The highest BCUT2D eigenvalue weighted by atomic mass is 16.5. The zero-order valence-corrected chi connectivity index (χ0v) is 8.04. The molecule has 0 bridgehead atoms. The van der Waals surface area contributed by atoms with Gasteiger partial charge in [-0.25, -0.2) is 0 Å². The van der Waals surface area contributed by atoms with Gasteiger partial charge in [0.05, 0.1) is 12.2 Å². The van der Waals surface area contributed by atoms with Crippen LogP contribution in [-0.2, 0) is 12.8 Å². The Morgan fingerprint density at radius 2 is 1.80 bits per heavy atom. The number of phenolic OH excluding ortho intramolecular Hbond substituents is 2. The smallest absolute Gasteiger partial charge is 0.201 e. The van der Waals surface area contributed by atoms with Crippen LogP contribution < -0.4 is 4.74 Å². The van der Waals surface area contributed by atoms with Crippen molar-refractivity contribution >= 4 is 5.78 Å². The lowest BCUT2D eigenvalue weighted by atomic mass is 9.99. The third-order valence-electron chi connectivity index (χ3n) is 3.10. The number of Topliss-reactive ketones (excluding diaryl/α,β-unsaturated/α-hetero) is 1. The molecular weight excluding hydrogens is 196 g/mol. The van der Waals surface area contributed by atoms with E-state index in [1.807, 2.05) is 0 Å². The van der Waals surface area contributed by atoms with Gasteiger partial charge in [-0.2, -0.15) is 0 Å². The maximum absolute atomic E-state index is 11.5. The lowest BCUT2D eigenvalue weighted by molar-refractivity contribution is 0.0991. The Balaban J connectivity index is 2.38. The van der Waals surface area contributed by atoms with Crippen LogP contribution in [0.15, 0.2) is 0 Å². The SMILES string of the molecule is O=C1CCc2c3c(c(O)c(O)c21)OCC3. The number of rotatable bonds is 0. The molecule has 1 aliphatic heterocycles. The molecule has 15 heavy (non-hydrogen) atoms. The second-order valence-corrected chi connectivity index (χ2v) is 3.88. The number of carbonyl (C=O) groups excluding carboxylic acids is 1. The molecule has 2 aliphatic rings. The van der Waals surface area contributed by atoms with Gasteiger partial charge in [-0.15, -0.1) is 0 Å². The van der Waals surface area contributed by atoms with Crippen molar-refractivity contribution in [3.8, 4) is 17.2 Å². The first-order chi connectivity index (χ1) is 7.20. The molecule has 0 unspecified atom stereocenters. The minimum atomic E-state index is -0.312. The molecule has 3 rings (SSSR count). The molecule has 1 heterocycles. The second-order valence-electron chi connectivity index (χ2n) is 3.88. The van der Waals surface area contributed by atoms with E-state index in [2.05, 4.69) is 0 Å². The average Bonchev–Trinajstić information content (AvgIpc) is 2.80. The molecule has 1 aliphatic carbocycles. The topological polar surface area (TPSA) is 66.8 Å². The number of hydrogen-bond donors (Lipinski definition) is 2. The number of aromatic hydroxyl groups is 2. The number of phenols is 2. The fraction of sp³-hybridized carbons (Fsp3) is 0.364. The molecule has 0 amide bonds. The third-order valence-corrected chi connectivity index (χ3v) is 3.10. The summed E-state index contributed by atoms with van der Waals surface area (Å²) in [4.78, 5) is 11.5. The molecular formula is C11H10O4. The van der Waals surface area contributed by atoms with Crippen LogP contribution in [0.25, 0.3) is 0 Å². The number of hydrogen-bond acceptors (Lipinski definition) is 4. The fourth-order valence-electron chi connectivity index (χ4n) is 2.41. The number of carbonyl (C=O) groups is 1. The van der Waals surface area contributed by atoms with Crippen LogP contribution in [0.1, 0.15) is 27.9 Å². The minimum Gasteiger partial charge on any atom is -0.504 e. The summed E-state index contributed by atoms with van der Waals surface area (Å²) in [6.45, 7) is 0.507. The first-order valence-corrected chi connectivity index (χ1v) is 4.95. The Hall–Kier alpha value is -1.71. The first kappa shape index (κ1) is 8.59. The second kappa shape index (κ2) is 2.66. The van der Waals surface area contributed by atoms with Crippen molar-refractivity contribution < 1.29 is 19.7 Å². The van der Waals surface area contributed by atoms with Gasteiger partial charge in [-0.1, -0.05) is 0 Å². The van der Waals surface area contributed by atoms with E-state index in [1.54, 1.807) is 0 Å². The zero-order valence-electron chi connectivity index (χ0n) is 8.04.